The molecule has 16 heavy (non-hydrogen) atoms. The number of aryl methyl sites for hydroxylation is 1. The number of hydrogen-bond donors (Lipinski definition) is 1. The van der Waals surface area contributed by atoms with Gasteiger partial charge in [-0.3, -0.25) is 0 Å². The van der Waals surface area contributed by atoms with Crippen LogP contribution in [0.4, 0.5) is 0 Å². The summed E-state index contributed by atoms with van der Waals surface area (Å²) >= 11 is 6.28. The Morgan fingerprint density at radius 3 is 2.75 bits per heavy atom. The monoisotopic (exact) mass is 257 g/mol. The van der Waals surface area contributed by atoms with Gasteiger partial charge in [-0.1, -0.05) is 31.0 Å². The molecule has 1 aromatic heterocycles. The van der Waals surface area contributed by atoms with Crippen LogP contribution in [0.5, 0.6) is 0 Å². The van der Waals surface area contributed by atoms with E-state index in [1.807, 2.05) is 6.92 Å². The van der Waals surface area contributed by atoms with Gasteiger partial charge in [0.2, 0.25) is 0 Å². The molecule has 0 unspecified atom stereocenters. The zero-order chi connectivity index (χ0) is 11.4. The van der Waals surface area contributed by atoms with Gasteiger partial charge in [-0.15, -0.1) is 0 Å². The largest absolute Gasteiger partial charge is 0.440 e. The predicted molar refractivity (Wildman–Crippen MR) is 71.3 cm³/mol. The van der Waals surface area contributed by atoms with Gasteiger partial charge in [0.1, 0.15) is 6.26 Å². The fourth-order valence-corrected chi connectivity index (χ4v) is 3.99. The number of thioether (sulfide) groups is 1. The number of nitrogens with zero attached hydrogens (tertiary/aromatic N) is 1. The Labute approximate surface area is 107 Å². The van der Waals surface area contributed by atoms with Crippen LogP contribution >= 0.6 is 24.4 Å². The van der Waals surface area contributed by atoms with Gasteiger partial charge in [-0.25, -0.2) is 4.98 Å². The first-order valence-corrected chi connectivity index (χ1v) is 7.52. The van der Waals surface area contributed by atoms with Crippen molar-refractivity contribution >= 4 is 24.4 Å². The highest BCUT2D eigenvalue weighted by molar-refractivity contribution is 7.99. The maximum Gasteiger partial charge on any atom is 0.255 e. The molecule has 2 rings (SSSR count). The van der Waals surface area contributed by atoms with E-state index in [0.717, 1.165) is 22.4 Å². The van der Waals surface area contributed by atoms with E-state index < -0.39 is 0 Å². The van der Waals surface area contributed by atoms with Crippen LogP contribution < -0.4 is 0 Å². The predicted octanol–water partition coefficient (Wildman–Crippen LogP) is 3.96. The summed E-state index contributed by atoms with van der Waals surface area (Å²) in [5.41, 5.74) is 1.38. The smallest absolute Gasteiger partial charge is 0.255 e. The lowest BCUT2D eigenvalue weighted by Crippen LogP contribution is -2.28. The third kappa shape index (κ3) is 2.98. The quantitative estimate of drug-likeness (QED) is 0.653. The molecule has 0 saturated heterocycles. The van der Waals surface area contributed by atoms with Crippen molar-refractivity contribution in [1.29, 1.82) is 0 Å². The molecular weight excluding hydrogens is 238 g/mol. The molecule has 0 aromatic carbocycles. The van der Waals surface area contributed by atoms with E-state index in [1.54, 1.807) is 18.0 Å². The summed E-state index contributed by atoms with van der Waals surface area (Å²) in [6.45, 7) is 1.96. The Balaban J connectivity index is 1.91. The average Bonchev–Trinajstić information content (AvgIpc) is 2.74. The Hall–Kier alpha value is -0.0900. The molecule has 0 aliphatic heterocycles. The van der Waals surface area contributed by atoms with Crippen molar-refractivity contribution in [3.05, 3.63) is 12.0 Å². The van der Waals surface area contributed by atoms with Crippen molar-refractivity contribution < 1.29 is 4.42 Å². The molecule has 90 valence electrons. The Morgan fingerprint density at radius 2 is 2.19 bits per heavy atom. The molecule has 0 amide bonds. The van der Waals surface area contributed by atoms with Crippen LogP contribution in [-0.4, -0.2) is 16.5 Å². The molecule has 1 aliphatic carbocycles. The van der Waals surface area contributed by atoms with E-state index in [2.05, 4.69) is 17.6 Å². The number of aromatic nitrogens is 1. The third-order valence-corrected chi connectivity index (χ3v) is 5.21. The highest BCUT2D eigenvalue weighted by Gasteiger charge is 2.31. The van der Waals surface area contributed by atoms with Crippen LogP contribution in [0.2, 0.25) is 0 Å². The van der Waals surface area contributed by atoms with Crippen molar-refractivity contribution in [3.63, 3.8) is 0 Å². The van der Waals surface area contributed by atoms with Crippen LogP contribution in [0.15, 0.2) is 15.9 Å². The Bertz CT molecular complexity index is 332. The van der Waals surface area contributed by atoms with E-state index in [1.165, 1.54) is 32.1 Å². The van der Waals surface area contributed by atoms with E-state index in [0.29, 0.717) is 5.41 Å². The zero-order valence-electron chi connectivity index (χ0n) is 9.74. The molecular formula is C12H19NOS2. The lowest BCUT2D eigenvalue weighted by molar-refractivity contribution is 0.258. The first-order chi connectivity index (χ1) is 7.74. The van der Waals surface area contributed by atoms with Gasteiger partial charge in [-0.2, -0.15) is 12.6 Å². The minimum absolute atomic E-state index is 0.411. The normalized spacial score (nSPS) is 19.9. The lowest BCUT2D eigenvalue weighted by atomic mass is 9.77. The highest BCUT2D eigenvalue weighted by atomic mass is 32.2. The maximum atomic E-state index is 5.37. The second kappa shape index (κ2) is 5.50. The molecule has 0 atom stereocenters. The summed E-state index contributed by atoms with van der Waals surface area (Å²) in [7, 11) is 0. The molecule has 4 heteroatoms. The zero-order valence-corrected chi connectivity index (χ0v) is 11.4. The fraction of sp³-hybridized carbons (Fsp3) is 0.750. The molecule has 1 heterocycles. The molecule has 0 radical (unpaired) electrons. The second-order valence-electron chi connectivity index (χ2n) is 4.76. The van der Waals surface area contributed by atoms with Gasteiger partial charge in [0, 0.05) is 5.75 Å². The van der Waals surface area contributed by atoms with Crippen LogP contribution in [-0.2, 0) is 0 Å². The highest BCUT2D eigenvalue weighted by Crippen LogP contribution is 2.41. The lowest BCUT2D eigenvalue weighted by Gasteiger charge is -2.35. The fourth-order valence-electron chi connectivity index (χ4n) is 2.26. The molecule has 2 nitrogen and oxygen atoms in total. The minimum atomic E-state index is 0.411. The molecule has 1 aliphatic rings. The van der Waals surface area contributed by atoms with Crippen LogP contribution in [0.1, 0.15) is 37.8 Å². The molecule has 1 aromatic rings. The van der Waals surface area contributed by atoms with E-state index in [4.69, 9.17) is 4.42 Å². The van der Waals surface area contributed by atoms with E-state index in [9.17, 15) is 0 Å². The van der Waals surface area contributed by atoms with Gasteiger partial charge in [0.15, 0.2) is 0 Å². The topological polar surface area (TPSA) is 26.0 Å². The standard InChI is InChI=1S/C12H19NOS2/c1-10-7-14-11(13-10)16-9-12(8-15)5-3-2-4-6-12/h7,15H,2-6,8-9H2,1H3. The van der Waals surface area contributed by atoms with Crippen molar-refractivity contribution in [2.24, 2.45) is 5.41 Å². The third-order valence-electron chi connectivity index (χ3n) is 3.35. The van der Waals surface area contributed by atoms with Gasteiger partial charge in [0.25, 0.3) is 5.22 Å². The number of hydrogen-bond acceptors (Lipinski definition) is 4. The summed E-state index contributed by atoms with van der Waals surface area (Å²) in [6, 6.07) is 0. The summed E-state index contributed by atoms with van der Waals surface area (Å²) < 4.78 is 5.37. The summed E-state index contributed by atoms with van der Waals surface area (Å²) in [5, 5.41) is 0.809. The summed E-state index contributed by atoms with van der Waals surface area (Å²) in [4.78, 5) is 4.33. The van der Waals surface area contributed by atoms with Gasteiger partial charge < -0.3 is 4.42 Å². The number of rotatable bonds is 4. The van der Waals surface area contributed by atoms with Crippen molar-refractivity contribution in [2.75, 3.05) is 11.5 Å². The summed E-state index contributed by atoms with van der Waals surface area (Å²) in [6.07, 6.45) is 8.43. The first-order valence-electron chi connectivity index (χ1n) is 5.90. The van der Waals surface area contributed by atoms with E-state index >= 15 is 0 Å². The van der Waals surface area contributed by atoms with Crippen molar-refractivity contribution in [3.8, 4) is 0 Å². The second-order valence-corrected chi connectivity index (χ2v) is 6.01. The van der Waals surface area contributed by atoms with Crippen LogP contribution in [0, 0.1) is 12.3 Å². The first kappa shape index (κ1) is 12.4. The van der Waals surface area contributed by atoms with Crippen LogP contribution in [0.3, 0.4) is 0 Å². The minimum Gasteiger partial charge on any atom is -0.440 e. The Kier molecular flexibility index (Phi) is 4.25. The number of thiol groups is 1. The molecule has 0 N–H and O–H groups in total. The molecule has 0 spiro atoms. The molecule has 1 saturated carbocycles. The van der Waals surface area contributed by atoms with Gasteiger partial charge >= 0.3 is 0 Å². The number of oxazole rings is 1. The molecule has 1 fully saturated rings. The maximum absolute atomic E-state index is 5.37. The SMILES string of the molecule is Cc1coc(SCC2(CS)CCCCC2)n1. The van der Waals surface area contributed by atoms with Crippen molar-refractivity contribution in [1.82, 2.24) is 4.98 Å². The summed E-state index contributed by atoms with van der Waals surface area (Å²) in [5.74, 6) is 2.08. The Morgan fingerprint density at radius 1 is 1.44 bits per heavy atom. The molecule has 0 bridgehead atoms. The van der Waals surface area contributed by atoms with Gasteiger partial charge in [-0.05, 0) is 30.9 Å². The van der Waals surface area contributed by atoms with E-state index in [-0.39, 0.29) is 0 Å². The van der Waals surface area contributed by atoms with Crippen molar-refractivity contribution in [2.45, 2.75) is 44.3 Å². The van der Waals surface area contributed by atoms with Crippen LogP contribution in [0.25, 0.3) is 0 Å². The van der Waals surface area contributed by atoms with Gasteiger partial charge in [0.05, 0.1) is 5.69 Å². The average molecular weight is 257 g/mol.